The summed E-state index contributed by atoms with van der Waals surface area (Å²) in [5.41, 5.74) is 0.944. The zero-order chi connectivity index (χ0) is 36.8. The fourth-order valence-electron chi connectivity index (χ4n) is 5.87. The van der Waals surface area contributed by atoms with Gasteiger partial charge in [0, 0.05) is 38.5 Å². The topological polar surface area (TPSA) is 102 Å². The summed E-state index contributed by atoms with van der Waals surface area (Å²) in [5.74, 6) is 0.548. The molecule has 0 aliphatic carbocycles. The second-order valence-electron chi connectivity index (χ2n) is 12.9. The van der Waals surface area contributed by atoms with Crippen LogP contribution in [0.5, 0.6) is 5.75 Å². The Kier molecular flexibility index (Phi) is 24.8. The average molecular weight is 730 g/mol. The van der Waals surface area contributed by atoms with E-state index < -0.39 is 14.9 Å². The van der Waals surface area contributed by atoms with Crippen molar-refractivity contribution in [3.8, 4) is 5.75 Å². The number of ether oxygens (including phenoxy) is 3. The standard InChI is InChI=1S/C41H67NO8Si/c1-5-9-10-11-12-13-14-15-16-19-30-45-39-27-26-37-34-36(23-25-38(37)35-39)24-28-40(43)46-31-20-17-18-21-32-47-41(44)42-29-22-33-51(48-6-2,49-7-3)50-8-4/h23-28,34-35H,5-22,29-33H2,1-4H3,(H,42,44)/b28-24+. The number of unbranched alkanes of at least 4 members (excludes halogenated alkanes) is 12. The highest BCUT2D eigenvalue weighted by molar-refractivity contribution is 6.60. The van der Waals surface area contributed by atoms with Crippen LogP contribution in [0.1, 0.15) is 130 Å². The molecular formula is C41H67NO8Si. The highest BCUT2D eigenvalue weighted by Crippen LogP contribution is 2.23. The lowest BCUT2D eigenvalue weighted by molar-refractivity contribution is -0.137. The summed E-state index contributed by atoms with van der Waals surface area (Å²) in [6, 6.07) is 12.9. The second-order valence-corrected chi connectivity index (χ2v) is 15.6. The average Bonchev–Trinajstić information content (AvgIpc) is 3.13. The minimum Gasteiger partial charge on any atom is -0.494 e. The van der Waals surface area contributed by atoms with E-state index in [1.807, 2.05) is 32.9 Å². The molecule has 1 N–H and O–H groups in total. The molecule has 0 fully saturated rings. The first-order valence-electron chi connectivity index (χ1n) is 19.8. The molecule has 51 heavy (non-hydrogen) atoms. The zero-order valence-electron chi connectivity index (χ0n) is 32.1. The zero-order valence-corrected chi connectivity index (χ0v) is 33.1. The fourth-order valence-corrected chi connectivity index (χ4v) is 8.48. The van der Waals surface area contributed by atoms with Gasteiger partial charge in [0.25, 0.3) is 0 Å². The summed E-state index contributed by atoms with van der Waals surface area (Å²) in [7, 11) is -2.69. The minimum atomic E-state index is -2.69. The van der Waals surface area contributed by atoms with Crippen LogP contribution in [0, 0.1) is 0 Å². The molecule has 0 aliphatic heterocycles. The molecule has 0 saturated heterocycles. The maximum absolute atomic E-state index is 12.2. The molecule has 0 bridgehead atoms. The molecule has 2 aromatic rings. The molecule has 288 valence electrons. The van der Waals surface area contributed by atoms with Crippen molar-refractivity contribution in [2.45, 2.75) is 130 Å². The molecule has 0 radical (unpaired) electrons. The quantitative estimate of drug-likeness (QED) is 0.0354. The van der Waals surface area contributed by atoms with Gasteiger partial charge in [0.1, 0.15) is 5.75 Å². The number of benzene rings is 2. The Morgan fingerprint density at radius 2 is 1.18 bits per heavy atom. The van der Waals surface area contributed by atoms with E-state index in [4.69, 9.17) is 27.5 Å². The van der Waals surface area contributed by atoms with Crippen LogP contribution >= 0.6 is 0 Å². The predicted octanol–water partition coefficient (Wildman–Crippen LogP) is 10.4. The van der Waals surface area contributed by atoms with Gasteiger partial charge in [-0.2, -0.15) is 0 Å². The van der Waals surface area contributed by atoms with Crippen molar-refractivity contribution in [2.24, 2.45) is 0 Å². The summed E-state index contributed by atoms with van der Waals surface area (Å²) in [5, 5.41) is 5.00. The number of esters is 1. The highest BCUT2D eigenvalue weighted by atomic mass is 28.4. The Bertz CT molecular complexity index is 1220. The van der Waals surface area contributed by atoms with Crippen LogP contribution in [0.25, 0.3) is 16.8 Å². The normalized spacial score (nSPS) is 11.7. The molecular weight excluding hydrogens is 663 g/mol. The number of amides is 1. The van der Waals surface area contributed by atoms with E-state index in [2.05, 4.69) is 36.5 Å². The van der Waals surface area contributed by atoms with Crippen LogP contribution in [-0.2, 0) is 27.5 Å². The van der Waals surface area contributed by atoms with Gasteiger partial charge in [-0.3, -0.25) is 0 Å². The number of carbonyl (C=O) groups excluding carboxylic acids is 2. The van der Waals surface area contributed by atoms with E-state index in [0.717, 1.165) is 60.8 Å². The van der Waals surface area contributed by atoms with Gasteiger partial charge >= 0.3 is 20.9 Å². The van der Waals surface area contributed by atoms with Crippen LogP contribution in [0.4, 0.5) is 4.79 Å². The Hall–Kier alpha value is -2.92. The van der Waals surface area contributed by atoms with Crippen molar-refractivity contribution in [1.29, 1.82) is 0 Å². The fraction of sp³-hybridized carbons (Fsp3) is 0.659. The third-order valence-corrected chi connectivity index (χ3v) is 11.7. The van der Waals surface area contributed by atoms with Gasteiger partial charge in [-0.25, -0.2) is 9.59 Å². The maximum Gasteiger partial charge on any atom is 0.500 e. The third kappa shape index (κ3) is 20.6. The van der Waals surface area contributed by atoms with Gasteiger partial charge in [0.05, 0.1) is 19.8 Å². The number of carbonyl (C=O) groups is 2. The molecule has 0 aliphatic rings. The summed E-state index contributed by atoms with van der Waals surface area (Å²) >= 11 is 0. The minimum absolute atomic E-state index is 0.351. The van der Waals surface area contributed by atoms with Gasteiger partial charge in [0.2, 0.25) is 0 Å². The van der Waals surface area contributed by atoms with Gasteiger partial charge in [-0.15, -0.1) is 0 Å². The van der Waals surface area contributed by atoms with Crippen molar-refractivity contribution in [2.75, 3.05) is 46.2 Å². The molecule has 2 aromatic carbocycles. The number of rotatable bonds is 31. The summed E-state index contributed by atoms with van der Waals surface area (Å²) < 4.78 is 34.2. The Morgan fingerprint density at radius 1 is 0.627 bits per heavy atom. The number of fused-ring (bicyclic) bond motifs is 1. The lowest BCUT2D eigenvalue weighted by Crippen LogP contribution is -2.46. The monoisotopic (exact) mass is 729 g/mol. The molecule has 1 amide bonds. The Morgan fingerprint density at radius 3 is 1.80 bits per heavy atom. The maximum atomic E-state index is 12.2. The smallest absolute Gasteiger partial charge is 0.494 e. The molecule has 9 nitrogen and oxygen atoms in total. The number of nitrogens with one attached hydrogen (secondary N) is 1. The summed E-state index contributed by atoms with van der Waals surface area (Å²) in [6.45, 7) is 11.6. The van der Waals surface area contributed by atoms with Crippen molar-refractivity contribution in [3.05, 3.63) is 48.0 Å². The predicted molar refractivity (Wildman–Crippen MR) is 209 cm³/mol. The summed E-state index contributed by atoms with van der Waals surface area (Å²) in [4.78, 5) is 24.2. The first-order chi connectivity index (χ1) is 24.9. The number of alkyl carbamates (subject to hydrolysis) is 1. The van der Waals surface area contributed by atoms with Crippen molar-refractivity contribution >= 4 is 37.7 Å². The molecule has 0 heterocycles. The van der Waals surface area contributed by atoms with Gasteiger partial charge in [-0.1, -0.05) is 82.9 Å². The molecule has 0 aromatic heterocycles. The number of hydrogen-bond acceptors (Lipinski definition) is 8. The second kappa shape index (κ2) is 28.6. The molecule has 0 unspecified atom stereocenters. The van der Waals surface area contributed by atoms with E-state index in [9.17, 15) is 9.59 Å². The van der Waals surface area contributed by atoms with Crippen LogP contribution in [-0.4, -0.2) is 67.1 Å². The van der Waals surface area contributed by atoms with Crippen molar-refractivity contribution in [1.82, 2.24) is 5.32 Å². The van der Waals surface area contributed by atoms with Crippen LogP contribution in [0.15, 0.2) is 42.5 Å². The van der Waals surface area contributed by atoms with Crippen molar-refractivity contribution in [3.63, 3.8) is 0 Å². The lowest BCUT2D eigenvalue weighted by Gasteiger charge is -2.28. The first-order valence-corrected chi connectivity index (χ1v) is 21.7. The number of hydrogen-bond donors (Lipinski definition) is 1. The van der Waals surface area contributed by atoms with Crippen LogP contribution < -0.4 is 10.1 Å². The van der Waals surface area contributed by atoms with Gasteiger partial charge in [0.15, 0.2) is 0 Å². The van der Waals surface area contributed by atoms with Gasteiger partial charge < -0.3 is 32.8 Å². The van der Waals surface area contributed by atoms with E-state index in [-0.39, 0.29) is 5.97 Å². The molecule has 2 rings (SSSR count). The van der Waals surface area contributed by atoms with Crippen molar-refractivity contribution < 1.29 is 37.1 Å². The molecule has 0 spiro atoms. The van der Waals surface area contributed by atoms with E-state index in [0.29, 0.717) is 52.0 Å². The lowest BCUT2D eigenvalue weighted by atomic mass is 10.1. The van der Waals surface area contributed by atoms with E-state index >= 15 is 0 Å². The molecule has 0 atom stereocenters. The Labute approximate surface area is 309 Å². The van der Waals surface area contributed by atoms with Crippen LogP contribution in [0.2, 0.25) is 6.04 Å². The van der Waals surface area contributed by atoms with E-state index in [1.165, 1.54) is 63.9 Å². The third-order valence-electron chi connectivity index (χ3n) is 8.55. The molecule has 0 saturated carbocycles. The van der Waals surface area contributed by atoms with E-state index in [1.54, 1.807) is 6.08 Å². The largest absolute Gasteiger partial charge is 0.500 e. The first kappa shape index (κ1) is 44.2. The molecule has 10 heteroatoms. The highest BCUT2D eigenvalue weighted by Gasteiger charge is 2.39. The van der Waals surface area contributed by atoms with Crippen LogP contribution in [0.3, 0.4) is 0 Å². The summed E-state index contributed by atoms with van der Waals surface area (Å²) in [6.07, 6.45) is 20.0. The SMILES string of the molecule is CCCCCCCCCCCCOc1ccc2cc(/C=C/C(=O)OCCCCCCOC(=O)NCCC[Si](OCC)(OCC)OCC)ccc2c1. The Balaban J connectivity index is 1.52. The van der Waals surface area contributed by atoms with Gasteiger partial charge in [-0.05, 0) is 99.9 Å².